The minimum absolute atomic E-state index is 0.280. The van der Waals surface area contributed by atoms with Gasteiger partial charge < -0.3 is 10.1 Å². The summed E-state index contributed by atoms with van der Waals surface area (Å²) in [5.74, 6) is -0.464. The number of pyridine rings is 1. The van der Waals surface area contributed by atoms with Crippen LogP contribution in [0.1, 0.15) is 51.7 Å². The average molecular weight is 324 g/mol. The van der Waals surface area contributed by atoms with E-state index in [9.17, 15) is 9.59 Å². The topological polar surface area (TPSA) is 68.3 Å². The summed E-state index contributed by atoms with van der Waals surface area (Å²) in [5, 5.41) is 2.77. The predicted molar refractivity (Wildman–Crippen MR) is 91.2 cm³/mol. The molecule has 1 aromatic heterocycles. The van der Waals surface area contributed by atoms with Gasteiger partial charge in [-0.2, -0.15) is 0 Å². The number of hydrogen-bond donors (Lipinski definition) is 1. The van der Waals surface area contributed by atoms with Gasteiger partial charge in [0.25, 0.3) is 5.91 Å². The number of esters is 1. The van der Waals surface area contributed by atoms with Crippen molar-refractivity contribution in [1.82, 2.24) is 4.98 Å². The maximum absolute atomic E-state index is 12.4. The Kier molecular flexibility index (Phi) is 4.89. The summed E-state index contributed by atoms with van der Waals surface area (Å²) in [6.45, 7) is 2.04. The number of fused-ring (bicyclic) bond motifs is 1. The average Bonchev–Trinajstić information content (AvgIpc) is 2.62. The van der Waals surface area contributed by atoms with Crippen molar-refractivity contribution in [3.63, 3.8) is 0 Å². The van der Waals surface area contributed by atoms with Crippen LogP contribution >= 0.6 is 0 Å². The van der Waals surface area contributed by atoms with Crippen molar-refractivity contribution in [3.05, 3.63) is 58.8 Å². The van der Waals surface area contributed by atoms with E-state index in [2.05, 4.69) is 10.3 Å². The molecule has 0 aliphatic heterocycles. The maximum Gasteiger partial charge on any atom is 0.341 e. The molecular weight excluding hydrogens is 304 g/mol. The van der Waals surface area contributed by atoms with Crippen LogP contribution in [0.3, 0.4) is 0 Å². The van der Waals surface area contributed by atoms with Gasteiger partial charge in [-0.05, 0) is 56.4 Å². The standard InChI is InChI=1S/C19H20N2O3/c1-2-24-19(23)15-12-14-10-6-7-11-16(14)20-17(15)21-18(22)13-8-4-3-5-9-13/h3-5,8-9,12H,2,6-7,10-11H2,1H3,(H,20,21,22). The first-order valence-electron chi connectivity index (χ1n) is 8.25. The van der Waals surface area contributed by atoms with Crippen LogP contribution in [0.5, 0.6) is 0 Å². The first kappa shape index (κ1) is 16.2. The molecule has 0 saturated carbocycles. The number of benzene rings is 1. The van der Waals surface area contributed by atoms with Crippen molar-refractivity contribution in [2.24, 2.45) is 0 Å². The Bertz CT molecular complexity index is 757. The van der Waals surface area contributed by atoms with E-state index in [-0.39, 0.29) is 18.3 Å². The summed E-state index contributed by atoms with van der Waals surface area (Å²) in [5.41, 5.74) is 2.87. The van der Waals surface area contributed by atoms with Crippen molar-refractivity contribution in [2.45, 2.75) is 32.6 Å². The molecule has 1 amide bonds. The number of nitrogens with zero attached hydrogens (tertiary/aromatic N) is 1. The van der Waals surface area contributed by atoms with Gasteiger partial charge in [0.15, 0.2) is 0 Å². The summed E-state index contributed by atoms with van der Waals surface area (Å²) in [6.07, 6.45) is 3.94. The number of rotatable bonds is 4. The Morgan fingerprint density at radius 3 is 2.67 bits per heavy atom. The van der Waals surface area contributed by atoms with Crippen LogP contribution in [0.25, 0.3) is 0 Å². The molecule has 5 nitrogen and oxygen atoms in total. The Morgan fingerprint density at radius 2 is 1.92 bits per heavy atom. The van der Waals surface area contributed by atoms with E-state index < -0.39 is 5.97 Å². The quantitative estimate of drug-likeness (QED) is 0.875. The number of aromatic nitrogens is 1. The van der Waals surface area contributed by atoms with Gasteiger partial charge in [-0.3, -0.25) is 4.79 Å². The molecule has 124 valence electrons. The Balaban J connectivity index is 1.95. The van der Waals surface area contributed by atoms with Gasteiger partial charge in [-0.25, -0.2) is 9.78 Å². The number of nitrogens with one attached hydrogen (secondary N) is 1. The number of hydrogen-bond acceptors (Lipinski definition) is 4. The van der Waals surface area contributed by atoms with Gasteiger partial charge in [-0.1, -0.05) is 18.2 Å². The second-order valence-corrected chi connectivity index (χ2v) is 5.74. The Labute approximate surface area is 141 Å². The van der Waals surface area contributed by atoms with Gasteiger partial charge in [0.05, 0.1) is 6.61 Å². The lowest BCUT2D eigenvalue weighted by Crippen LogP contribution is -2.19. The summed E-state index contributed by atoms with van der Waals surface area (Å²) in [6, 6.07) is 10.7. The highest BCUT2D eigenvalue weighted by atomic mass is 16.5. The molecule has 1 aliphatic carbocycles. The predicted octanol–water partition coefficient (Wildman–Crippen LogP) is 3.39. The van der Waals surface area contributed by atoms with Crippen LogP contribution in [-0.2, 0) is 17.6 Å². The second-order valence-electron chi connectivity index (χ2n) is 5.74. The molecule has 0 fully saturated rings. The van der Waals surface area contributed by atoms with Crippen LogP contribution in [-0.4, -0.2) is 23.5 Å². The first-order valence-corrected chi connectivity index (χ1v) is 8.25. The molecule has 0 saturated heterocycles. The zero-order valence-corrected chi connectivity index (χ0v) is 13.7. The highest BCUT2D eigenvalue weighted by molar-refractivity contribution is 6.07. The number of aryl methyl sites for hydroxylation is 2. The molecule has 3 rings (SSSR count). The lowest BCUT2D eigenvalue weighted by Gasteiger charge is -2.18. The fourth-order valence-corrected chi connectivity index (χ4v) is 2.86. The number of amides is 1. The van der Waals surface area contributed by atoms with E-state index >= 15 is 0 Å². The fraction of sp³-hybridized carbons (Fsp3) is 0.316. The number of carbonyl (C=O) groups excluding carboxylic acids is 2. The molecular formula is C19H20N2O3. The molecule has 24 heavy (non-hydrogen) atoms. The summed E-state index contributed by atoms with van der Waals surface area (Å²) in [4.78, 5) is 29.2. The fourth-order valence-electron chi connectivity index (χ4n) is 2.86. The second kappa shape index (κ2) is 7.25. The molecule has 1 aliphatic rings. The largest absolute Gasteiger partial charge is 0.462 e. The van der Waals surface area contributed by atoms with E-state index in [1.54, 1.807) is 31.2 Å². The third kappa shape index (κ3) is 3.45. The van der Waals surface area contributed by atoms with E-state index in [4.69, 9.17) is 4.74 Å². The van der Waals surface area contributed by atoms with Crippen LogP contribution < -0.4 is 5.32 Å². The summed E-state index contributed by atoms with van der Waals surface area (Å²) >= 11 is 0. The third-order valence-electron chi connectivity index (χ3n) is 4.06. The molecule has 1 N–H and O–H groups in total. The van der Waals surface area contributed by atoms with Gasteiger partial charge in [-0.15, -0.1) is 0 Å². The lowest BCUT2D eigenvalue weighted by molar-refractivity contribution is 0.0527. The molecule has 5 heteroatoms. The molecule has 1 heterocycles. The monoisotopic (exact) mass is 324 g/mol. The molecule has 0 unspecified atom stereocenters. The Hall–Kier alpha value is -2.69. The van der Waals surface area contributed by atoms with Crippen molar-refractivity contribution in [1.29, 1.82) is 0 Å². The summed E-state index contributed by atoms with van der Waals surface area (Å²) in [7, 11) is 0. The zero-order valence-electron chi connectivity index (χ0n) is 13.7. The van der Waals surface area contributed by atoms with Crippen molar-refractivity contribution >= 4 is 17.7 Å². The van der Waals surface area contributed by atoms with E-state index in [1.807, 2.05) is 12.1 Å². The lowest BCUT2D eigenvalue weighted by atomic mass is 9.94. The van der Waals surface area contributed by atoms with Crippen molar-refractivity contribution in [2.75, 3.05) is 11.9 Å². The molecule has 0 bridgehead atoms. The van der Waals surface area contributed by atoms with Gasteiger partial charge >= 0.3 is 5.97 Å². The summed E-state index contributed by atoms with van der Waals surface area (Å²) < 4.78 is 5.12. The smallest absolute Gasteiger partial charge is 0.341 e. The molecule has 1 aromatic carbocycles. The SMILES string of the molecule is CCOC(=O)c1cc2c(nc1NC(=O)c1ccccc1)CCCC2. The molecule has 0 atom stereocenters. The van der Waals surface area contributed by atoms with E-state index in [0.717, 1.165) is 36.9 Å². The van der Waals surface area contributed by atoms with Gasteiger partial charge in [0, 0.05) is 11.3 Å². The number of ether oxygens (including phenoxy) is 1. The molecule has 0 spiro atoms. The number of anilines is 1. The van der Waals surface area contributed by atoms with Crippen LogP contribution in [0.2, 0.25) is 0 Å². The molecule has 2 aromatic rings. The minimum atomic E-state index is -0.457. The normalized spacial score (nSPS) is 13.0. The first-order chi connectivity index (χ1) is 11.7. The maximum atomic E-state index is 12.4. The highest BCUT2D eigenvalue weighted by Crippen LogP contribution is 2.25. The minimum Gasteiger partial charge on any atom is -0.462 e. The molecule has 0 radical (unpaired) electrons. The van der Waals surface area contributed by atoms with Gasteiger partial charge in [0.1, 0.15) is 11.4 Å². The Morgan fingerprint density at radius 1 is 1.17 bits per heavy atom. The van der Waals surface area contributed by atoms with Crippen LogP contribution in [0, 0.1) is 0 Å². The van der Waals surface area contributed by atoms with Crippen molar-refractivity contribution < 1.29 is 14.3 Å². The van der Waals surface area contributed by atoms with Gasteiger partial charge in [0.2, 0.25) is 0 Å². The third-order valence-corrected chi connectivity index (χ3v) is 4.06. The van der Waals surface area contributed by atoms with E-state index in [1.165, 1.54) is 0 Å². The van der Waals surface area contributed by atoms with Crippen LogP contribution in [0.15, 0.2) is 36.4 Å². The van der Waals surface area contributed by atoms with Crippen LogP contribution in [0.4, 0.5) is 5.82 Å². The van der Waals surface area contributed by atoms with E-state index in [0.29, 0.717) is 11.1 Å². The van der Waals surface area contributed by atoms with Crippen molar-refractivity contribution in [3.8, 4) is 0 Å². The zero-order chi connectivity index (χ0) is 16.9. The highest BCUT2D eigenvalue weighted by Gasteiger charge is 2.21. The number of carbonyl (C=O) groups is 2.